The average molecular weight is 335 g/mol. The Hall–Kier alpha value is -2.08. The Morgan fingerprint density at radius 2 is 2.04 bits per heavy atom. The fourth-order valence-electron chi connectivity index (χ4n) is 2.91. The first-order valence-corrected chi connectivity index (χ1v) is 8.08. The first kappa shape index (κ1) is 18.3. The van der Waals surface area contributed by atoms with Gasteiger partial charge in [0.25, 0.3) is 0 Å². The van der Waals surface area contributed by atoms with E-state index in [1.165, 1.54) is 7.11 Å². The summed E-state index contributed by atoms with van der Waals surface area (Å²) in [5, 5.41) is 9.55. The third kappa shape index (κ3) is 4.06. The maximum absolute atomic E-state index is 12.4. The summed E-state index contributed by atoms with van der Waals surface area (Å²) in [6, 6.07) is 5.09. The van der Waals surface area contributed by atoms with Crippen LogP contribution in [0.2, 0.25) is 0 Å². The number of benzene rings is 1. The van der Waals surface area contributed by atoms with Crippen molar-refractivity contribution in [2.45, 2.75) is 51.9 Å². The molecule has 1 aliphatic rings. The molecular weight excluding hydrogens is 310 g/mol. The van der Waals surface area contributed by atoms with E-state index in [0.717, 1.165) is 18.4 Å². The number of rotatable bonds is 3. The van der Waals surface area contributed by atoms with E-state index in [1.807, 2.05) is 20.8 Å². The van der Waals surface area contributed by atoms with Crippen molar-refractivity contribution in [2.75, 3.05) is 13.7 Å². The number of aliphatic hydroxyl groups is 1. The van der Waals surface area contributed by atoms with Crippen LogP contribution >= 0.6 is 0 Å². The van der Waals surface area contributed by atoms with Crippen molar-refractivity contribution >= 4 is 12.1 Å². The molecule has 1 aliphatic heterocycles. The third-order valence-corrected chi connectivity index (χ3v) is 3.97. The van der Waals surface area contributed by atoms with E-state index in [1.54, 1.807) is 23.1 Å². The number of nitrogens with zero attached hydrogens (tertiary/aromatic N) is 1. The van der Waals surface area contributed by atoms with Gasteiger partial charge < -0.3 is 19.5 Å². The zero-order valence-electron chi connectivity index (χ0n) is 14.7. The molecule has 0 saturated carbocycles. The van der Waals surface area contributed by atoms with Crippen molar-refractivity contribution in [3.63, 3.8) is 0 Å². The summed E-state index contributed by atoms with van der Waals surface area (Å²) in [6.07, 6.45) is 1.37. The number of hydrogen-bond acceptors (Lipinski definition) is 5. The van der Waals surface area contributed by atoms with Gasteiger partial charge in [-0.3, -0.25) is 0 Å². The van der Waals surface area contributed by atoms with Gasteiger partial charge >= 0.3 is 12.1 Å². The second-order valence-corrected chi connectivity index (χ2v) is 6.90. The van der Waals surface area contributed by atoms with Crippen LogP contribution in [0, 0.1) is 0 Å². The van der Waals surface area contributed by atoms with Crippen molar-refractivity contribution in [2.24, 2.45) is 0 Å². The maximum Gasteiger partial charge on any atom is 0.410 e. The van der Waals surface area contributed by atoms with Crippen LogP contribution in [0.3, 0.4) is 0 Å². The fourth-order valence-corrected chi connectivity index (χ4v) is 2.91. The summed E-state index contributed by atoms with van der Waals surface area (Å²) in [6.45, 7) is 5.88. The highest BCUT2D eigenvalue weighted by Gasteiger charge is 2.33. The highest BCUT2D eigenvalue weighted by molar-refractivity contribution is 5.91. The van der Waals surface area contributed by atoms with Crippen LogP contribution in [0.4, 0.5) is 4.79 Å². The lowest BCUT2D eigenvalue weighted by atomic mass is 9.98. The summed E-state index contributed by atoms with van der Waals surface area (Å²) < 4.78 is 10.2. The number of esters is 1. The van der Waals surface area contributed by atoms with Gasteiger partial charge in [0.1, 0.15) is 5.60 Å². The van der Waals surface area contributed by atoms with E-state index >= 15 is 0 Å². The lowest BCUT2D eigenvalue weighted by Gasteiger charge is -2.29. The van der Waals surface area contributed by atoms with E-state index in [-0.39, 0.29) is 18.7 Å². The Balaban J connectivity index is 2.26. The molecule has 1 fully saturated rings. The smallest absolute Gasteiger partial charge is 0.410 e. The molecule has 1 aromatic rings. The van der Waals surface area contributed by atoms with Gasteiger partial charge in [-0.15, -0.1) is 0 Å². The Kier molecular flexibility index (Phi) is 5.49. The lowest BCUT2D eigenvalue weighted by Crippen LogP contribution is -2.36. The van der Waals surface area contributed by atoms with Gasteiger partial charge in [-0.1, -0.05) is 12.1 Å². The predicted molar refractivity (Wildman–Crippen MR) is 88.6 cm³/mol. The van der Waals surface area contributed by atoms with Crippen molar-refractivity contribution in [1.29, 1.82) is 0 Å². The highest BCUT2D eigenvalue weighted by Crippen LogP contribution is 2.34. The molecule has 24 heavy (non-hydrogen) atoms. The molecule has 0 radical (unpaired) electrons. The van der Waals surface area contributed by atoms with Crippen LogP contribution in [-0.2, 0) is 16.1 Å². The molecule has 0 aromatic heterocycles. The van der Waals surface area contributed by atoms with E-state index in [2.05, 4.69) is 0 Å². The van der Waals surface area contributed by atoms with E-state index < -0.39 is 11.6 Å². The summed E-state index contributed by atoms with van der Waals surface area (Å²) in [4.78, 5) is 25.8. The zero-order valence-corrected chi connectivity index (χ0v) is 14.7. The number of carbonyl (C=O) groups is 2. The quantitative estimate of drug-likeness (QED) is 0.859. The van der Waals surface area contributed by atoms with Gasteiger partial charge in [-0.25, -0.2) is 9.59 Å². The molecule has 1 heterocycles. The van der Waals surface area contributed by atoms with Crippen LogP contribution in [-0.4, -0.2) is 41.3 Å². The van der Waals surface area contributed by atoms with Crippen molar-refractivity contribution < 1.29 is 24.2 Å². The van der Waals surface area contributed by atoms with Gasteiger partial charge in [-0.05, 0) is 50.8 Å². The Labute approximate surface area is 142 Å². The summed E-state index contributed by atoms with van der Waals surface area (Å²) >= 11 is 0. The maximum atomic E-state index is 12.4. The molecule has 2 rings (SSSR count). The monoisotopic (exact) mass is 335 g/mol. The average Bonchev–Trinajstić information content (AvgIpc) is 3.01. The van der Waals surface area contributed by atoms with Crippen molar-refractivity contribution in [3.8, 4) is 0 Å². The topological polar surface area (TPSA) is 76.1 Å². The molecule has 1 N–H and O–H groups in total. The molecule has 6 heteroatoms. The normalized spacial score (nSPS) is 17.7. The van der Waals surface area contributed by atoms with E-state index in [9.17, 15) is 14.7 Å². The van der Waals surface area contributed by atoms with Crippen LogP contribution in [0.25, 0.3) is 0 Å². The van der Waals surface area contributed by atoms with Gasteiger partial charge in [0.05, 0.1) is 25.3 Å². The number of methoxy groups -OCH3 is 1. The predicted octanol–water partition coefficient (Wildman–Crippen LogP) is 3.04. The molecule has 1 unspecified atom stereocenters. The molecular formula is C18H25NO5. The molecule has 0 aliphatic carbocycles. The zero-order chi connectivity index (χ0) is 17.9. The molecule has 6 nitrogen and oxygen atoms in total. The first-order chi connectivity index (χ1) is 11.3. The van der Waals surface area contributed by atoms with Gasteiger partial charge in [0.15, 0.2) is 0 Å². The van der Waals surface area contributed by atoms with Gasteiger partial charge in [-0.2, -0.15) is 0 Å². The lowest BCUT2D eigenvalue weighted by molar-refractivity contribution is 0.0224. The molecule has 1 amide bonds. The van der Waals surface area contributed by atoms with Crippen molar-refractivity contribution in [3.05, 3.63) is 34.9 Å². The third-order valence-electron chi connectivity index (χ3n) is 3.97. The summed E-state index contributed by atoms with van der Waals surface area (Å²) in [5.74, 6) is -0.485. The van der Waals surface area contributed by atoms with Crippen LogP contribution < -0.4 is 0 Å². The Bertz CT molecular complexity index is 620. The van der Waals surface area contributed by atoms with Crippen LogP contribution in [0.15, 0.2) is 18.2 Å². The number of aliphatic hydroxyl groups excluding tert-OH is 1. The van der Waals surface area contributed by atoms with Gasteiger partial charge in [0, 0.05) is 6.54 Å². The molecule has 132 valence electrons. The standard InChI is InChI=1S/C18H25NO5/c1-18(2,3)24-17(22)19-9-5-6-15(19)12-7-8-14(16(21)23-4)13(10-12)11-20/h7-8,10,15,20H,5-6,9,11H2,1-4H3. The number of hydrogen-bond donors (Lipinski definition) is 1. The molecule has 1 atom stereocenters. The van der Waals surface area contributed by atoms with E-state index in [0.29, 0.717) is 17.7 Å². The minimum absolute atomic E-state index is 0.114. The molecule has 0 bridgehead atoms. The van der Waals surface area contributed by atoms with Crippen LogP contribution in [0.5, 0.6) is 0 Å². The highest BCUT2D eigenvalue weighted by atomic mass is 16.6. The Morgan fingerprint density at radius 3 is 2.62 bits per heavy atom. The Morgan fingerprint density at radius 1 is 1.33 bits per heavy atom. The number of carbonyl (C=O) groups excluding carboxylic acids is 2. The minimum Gasteiger partial charge on any atom is -0.465 e. The SMILES string of the molecule is COC(=O)c1ccc(C2CCCN2C(=O)OC(C)(C)C)cc1CO. The van der Waals surface area contributed by atoms with Crippen LogP contribution in [0.1, 0.15) is 61.1 Å². The second kappa shape index (κ2) is 7.21. The fraction of sp³-hybridized carbons (Fsp3) is 0.556. The first-order valence-electron chi connectivity index (χ1n) is 8.08. The minimum atomic E-state index is -0.546. The summed E-state index contributed by atoms with van der Waals surface area (Å²) in [5.41, 5.74) is 1.17. The largest absolute Gasteiger partial charge is 0.465 e. The summed E-state index contributed by atoms with van der Waals surface area (Å²) in [7, 11) is 1.30. The number of likely N-dealkylation sites (tertiary alicyclic amines) is 1. The molecule has 0 spiro atoms. The molecule has 1 saturated heterocycles. The number of ether oxygens (including phenoxy) is 2. The second-order valence-electron chi connectivity index (χ2n) is 6.90. The van der Waals surface area contributed by atoms with Crippen molar-refractivity contribution in [1.82, 2.24) is 4.90 Å². The molecule has 1 aromatic carbocycles. The van der Waals surface area contributed by atoms with Gasteiger partial charge in [0.2, 0.25) is 0 Å². The number of amides is 1. The van der Waals surface area contributed by atoms with E-state index in [4.69, 9.17) is 9.47 Å².